The third kappa shape index (κ3) is 9.87. The van der Waals surface area contributed by atoms with Crippen LogP contribution in [0.25, 0.3) is 0 Å². The van der Waals surface area contributed by atoms with Crippen molar-refractivity contribution in [3.63, 3.8) is 0 Å². The second-order valence-electron chi connectivity index (χ2n) is 4.03. The van der Waals surface area contributed by atoms with Gasteiger partial charge < -0.3 is 4.48 Å². The SMILES string of the molecule is C[N+](C)(C)CCCNS(C)(=O)=O. The van der Waals surface area contributed by atoms with Gasteiger partial charge in [0.2, 0.25) is 10.0 Å². The Labute approximate surface area is 75.2 Å². The first kappa shape index (κ1) is 11.9. The van der Waals surface area contributed by atoms with E-state index in [-0.39, 0.29) is 0 Å². The normalized spacial score (nSPS) is 13.3. The van der Waals surface area contributed by atoms with Crippen molar-refractivity contribution in [2.45, 2.75) is 6.42 Å². The molecule has 0 aromatic rings. The minimum atomic E-state index is -3.00. The molecular formula is C7H19N2O2S+. The van der Waals surface area contributed by atoms with Crippen LogP contribution in [0.2, 0.25) is 0 Å². The van der Waals surface area contributed by atoms with Crippen molar-refractivity contribution in [3.05, 3.63) is 0 Å². The Hall–Kier alpha value is -0.130. The quantitative estimate of drug-likeness (QED) is 0.481. The molecule has 0 atom stereocenters. The molecule has 1 N–H and O–H groups in total. The second kappa shape index (κ2) is 4.20. The number of nitrogens with one attached hydrogen (secondary N) is 1. The molecule has 0 heterocycles. The lowest BCUT2D eigenvalue weighted by Gasteiger charge is -2.23. The maximum atomic E-state index is 10.6. The van der Waals surface area contributed by atoms with Crippen LogP contribution in [-0.4, -0.2) is 53.4 Å². The molecule has 0 saturated carbocycles. The molecule has 0 amide bonds. The van der Waals surface area contributed by atoms with Gasteiger partial charge in [-0.05, 0) is 0 Å². The lowest BCUT2D eigenvalue weighted by Crippen LogP contribution is -2.37. The predicted octanol–water partition coefficient (Wildman–Crippen LogP) is -0.368. The van der Waals surface area contributed by atoms with Gasteiger partial charge in [0, 0.05) is 13.0 Å². The average Bonchev–Trinajstić information content (AvgIpc) is 1.76. The Bertz CT molecular complexity index is 216. The number of nitrogens with zero attached hydrogens (tertiary/aromatic N) is 1. The molecule has 0 unspecified atom stereocenters. The van der Waals surface area contributed by atoms with Crippen LogP contribution in [0.4, 0.5) is 0 Å². The van der Waals surface area contributed by atoms with E-state index in [4.69, 9.17) is 0 Å². The van der Waals surface area contributed by atoms with Crippen molar-refractivity contribution >= 4 is 10.0 Å². The number of rotatable bonds is 5. The van der Waals surface area contributed by atoms with E-state index in [1.165, 1.54) is 6.26 Å². The molecule has 0 aliphatic carbocycles. The van der Waals surface area contributed by atoms with E-state index >= 15 is 0 Å². The van der Waals surface area contributed by atoms with E-state index in [2.05, 4.69) is 25.9 Å². The summed E-state index contributed by atoms with van der Waals surface area (Å²) in [5.74, 6) is 0. The monoisotopic (exact) mass is 195 g/mol. The summed E-state index contributed by atoms with van der Waals surface area (Å²) < 4.78 is 24.6. The van der Waals surface area contributed by atoms with Gasteiger partial charge in [0.25, 0.3) is 0 Å². The van der Waals surface area contributed by atoms with Crippen molar-refractivity contribution in [2.75, 3.05) is 40.5 Å². The molecule has 0 fully saturated rings. The van der Waals surface area contributed by atoms with Gasteiger partial charge in [-0.1, -0.05) is 0 Å². The zero-order valence-electron chi connectivity index (χ0n) is 8.29. The topological polar surface area (TPSA) is 46.2 Å². The van der Waals surface area contributed by atoms with Gasteiger partial charge in [0.05, 0.1) is 33.9 Å². The summed E-state index contributed by atoms with van der Waals surface area (Å²) in [6.07, 6.45) is 2.05. The first-order chi connectivity index (χ1) is 5.21. The molecule has 0 spiro atoms. The highest BCUT2D eigenvalue weighted by molar-refractivity contribution is 7.88. The van der Waals surface area contributed by atoms with Gasteiger partial charge in [-0.25, -0.2) is 13.1 Å². The maximum absolute atomic E-state index is 10.6. The molecule has 0 aromatic heterocycles. The van der Waals surface area contributed by atoms with Crippen LogP contribution in [0, 0.1) is 0 Å². The number of hydrogen-bond acceptors (Lipinski definition) is 2. The Morgan fingerprint density at radius 2 is 1.75 bits per heavy atom. The summed E-state index contributed by atoms with van der Waals surface area (Å²) in [7, 11) is 3.25. The van der Waals surface area contributed by atoms with Crippen molar-refractivity contribution in [2.24, 2.45) is 0 Å². The van der Waals surface area contributed by atoms with Gasteiger partial charge in [0.1, 0.15) is 0 Å². The zero-order chi connectivity index (χ0) is 9.83. The Morgan fingerprint density at radius 1 is 1.25 bits per heavy atom. The van der Waals surface area contributed by atoms with Gasteiger partial charge in [-0.15, -0.1) is 0 Å². The fraction of sp³-hybridized carbons (Fsp3) is 1.00. The lowest BCUT2D eigenvalue weighted by atomic mass is 10.4. The standard InChI is InChI=1S/C7H19N2O2S/c1-9(2,3)7-5-6-8-12(4,10)11/h8H,5-7H2,1-4H3/q+1. The largest absolute Gasteiger partial charge is 0.331 e. The number of quaternary nitrogens is 1. The van der Waals surface area contributed by atoms with Crippen LogP contribution >= 0.6 is 0 Å². The second-order valence-corrected chi connectivity index (χ2v) is 5.87. The fourth-order valence-corrected chi connectivity index (χ4v) is 1.33. The van der Waals surface area contributed by atoms with Gasteiger partial charge >= 0.3 is 0 Å². The summed E-state index contributed by atoms with van der Waals surface area (Å²) >= 11 is 0. The Balaban J connectivity index is 3.48. The molecule has 0 aromatic carbocycles. The lowest BCUT2D eigenvalue weighted by molar-refractivity contribution is -0.870. The average molecular weight is 195 g/mol. The van der Waals surface area contributed by atoms with E-state index in [0.717, 1.165) is 17.4 Å². The van der Waals surface area contributed by atoms with E-state index < -0.39 is 10.0 Å². The Morgan fingerprint density at radius 3 is 2.08 bits per heavy atom. The van der Waals surface area contributed by atoms with E-state index in [9.17, 15) is 8.42 Å². The molecule has 0 bridgehead atoms. The van der Waals surface area contributed by atoms with E-state index in [0.29, 0.717) is 6.54 Å². The summed E-state index contributed by atoms with van der Waals surface area (Å²) in [5, 5.41) is 0. The molecule has 0 aliphatic rings. The van der Waals surface area contributed by atoms with Gasteiger partial charge in [0.15, 0.2) is 0 Å². The first-order valence-corrected chi connectivity index (χ1v) is 5.85. The van der Waals surface area contributed by atoms with Crippen LogP contribution < -0.4 is 4.72 Å². The molecule has 12 heavy (non-hydrogen) atoms. The van der Waals surface area contributed by atoms with Crippen molar-refractivity contribution in [1.29, 1.82) is 0 Å². The van der Waals surface area contributed by atoms with Crippen LogP contribution in [0.3, 0.4) is 0 Å². The minimum Gasteiger partial charge on any atom is -0.331 e. The smallest absolute Gasteiger partial charge is 0.208 e. The van der Waals surface area contributed by atoms with Crippen LogP contribution in [-0.2, 0) is 10.0 Å². The summed E-state index contributed by atoms with van der Waals surface area (Å²) in [4.78, 5) is 0. The van der Waals surface area contributed by atoms with E-state index in [1.807, 2.05) is 0 Å². The number of sulfonamides is 1. The Kier molecular flexibility index (Phi) is 4.16. The zero-order valence-corrected chi connectivity index (χ0v) is 9.11. The van der Waals surface area contributed by atoms with Gasteiger partial charge in [-0.2, -0.15) is 0 Å². The van der Waals surface area contributed by atoms with Crippen molar-refractivity contribution in [3.8, 4) is 0 Å². The molecule has 5 heteroatoms. The summed E-state index contributed by atoms with van der Waals surface area (Å²) in [6.45, 7) is 1.51. The molecule has 0 radical (unpaired) electrons. The van der Waals surface area contributed by atoms with Crippen LogP contribution in [0.5, 0.6) is 0 Å². The predicted molar refractivity (Wildman–Crippen MR) is 50.4 cm³/mol. The molecule has 0 saturated heterocycles. The molecule has 0 aliphatic heterocycles. The molecule has 4 nitrogen and oxygen atoms in total. The maximum Gasteiger partial charge on any atom is 0.208 e. The first-order valence-electron chi connectivity index (χ1n) is 3.96. The molecule has 74 valence electrons. The van der Waals surface area contributed by atoms with Gasteiger partial charge in [-0.3, -0.25) is 0 Å². The van der Waals surface area contributed by atoms with Crippen molar-refractivity contribution in [1.82, 2.24) is 4.72 Å². The third-order valence-electron chi connectivity index (χ3n) is 1.37. The number of hydrogen-bond donors (Lipinski definition) is 1. The highest BCUT2D eigenvalue weighted by Crippen LogP contribution is 1.92. The van der Waals surface area contributed by atoms with Crippen LogP contribution in [0.1, 0.15) is 6.42 Å². The fourth-order valence-electron chi connectivity index (χ4n) is 0.811. The molecule has 0 rings (SSSR count). The summed E-state index contributed by atoms with van der Waals surface area (Å²) in [5.41, 5.74) is 0. The van der Waals surface area contributed by atoms with E-state index in [1.54, 1.807) is 0 Å². The minimum absolute atomic E-state index is 0.536. The highest BCUT2D eigenvalue weighted by atomic mass is 32.2. The summed E-state index contributed by atoms with van der Waals surface area (Å²) in [6, 6.07) is 0. The van der Waals surface area contributed by atoms with Crippen LogP contribution in [0.15, 0.2) is 0 Å². The third-order valence-corrected chi connectivity index (χ3v) is 2.10. The van der Waals surface area contributed by atoms with Crippen molar-refractivity contribution < 1.29 is 12.9 Å². The highest BCUT2D eigenvalue weighted by Gasteiger charge is 2.06. The molecular weight excluding hydrogens is 176 g/mol.